The number of hydrogen-bond donors (Lipinski definition) is 2. The highest BCUT2D eigenvalue weighted by Crippen LogP contribution is 2.15. The van der Waals surface area contributed by atoms with E-state index in [0.29, 0.717) is 6.54 Å². The third kappa shape index (κ3) is 2.55. The second-order valence-electron chi connectivity index (χ2n) is 4.19. The number of hydrogen-bond acceptors (Lipinski definition) is 4. The minimum absolute atomic E-state index is 0.704. The topological polar surface area (TPSA) is 68.8 Å². The van der Waals surface area contributed by atoms with Crippen LogP contribution in [0.5, 0.6) is 0 Å². The quantitative estimate of drug-likeness (QED) is 0.842. The lowest BCUT2D eigenvalue weighted by molar-refractivity contribution is 0.756. The smallest absolute Gasteiger partial charge is 0.128 e. The van der Waals surface area contributed by atoms with Crippen molar-refractivity contribution in [2.24, 2.45) is 7.05 Å². The van der Waals surface area contributed by atoms with E-state index in [1.54, 1.807) is 6.20 Å². The maximum Gasteiger partial charge on any atom is 0.128 e. The average molecular weight is 231 g/mol. The van der Waals surface area contributed by atoms with Crippen LogP contribution in [0, 0.1) is 13.8 Å². The van der Waals surface area contributed by atoms with Gasteiger partial charge in [-0.2, -0.15) is 5.10 Å². The lowest BCUT2D eigenvalue weighted by atomic mass is 10.2. The average Bonchev–Trinajstić information content (AvgIpc) is 2.59. The molecule has 0 atom stereocenters. The van der Waals surface area contributed by atoms with Crippen LogP contribution in [0.1, 0.15) is 16.8 Å². The fourth-order valence-electron chi connectivity index (χ4n) is 1.64. The van der Waals surface area contributed by atoms with E-state index in [1.807, 2.05) is 37.8 Å². The predicted molar refractivity (Wildman–Crippen MR) is 68.7 cm³/mol. The minimum Gasteiger partial charge on any atom is -0.398 e. The van der Waals surface area contributed by atoms with Crippen LogP contribution in [0.4, 0.5) is 11.5 Å². The second-order valence-corrected chi connectivity index (χ2v) is 4.19. The Morgan fingerprint density at radius 2 is 2.18 bits per heavy atom. The largest absolute Gasteiger partial charge is 0.398 e. The summed E-state index contributed by atoms with van der Waals surface area (Å²) in [6.45, 7) is 4.64. The first-order valence-electron chi connectivity index (χ1n) is 5.51. The van der Waals surface area contributed by atoms with Crippen LogP contribution in [0.2, 0.25) is 0 Å². The molecule has 0 aliphatic carbocycles. The first kappa shape index (κ1) is 11.4. The summed E-state index contributed by atoms with van der Waals surface area (Å²) >= 11 is 0. The van der Waals surface area contributed by atoms with Gasteiger partial charge in [0, 0.05) is 43.3 Å². The number of anilines is 2. The number of rotatable bonds is 3. The van der Waals surface area contributed by atoms with Crippen molar-refractivity contribution in [1.29, 1.82) is 0 Å². The summed E-state index contributed by atoms with van der Waals surface area (Å²) in [6, 6.07) is 1.85. The number of nitrogen functional groups attached to an aromatic ring is 1. The van der Waals surface area contributed by atoms with Crippen molar-refractivity contribution < 1.29 is 0 Å². The van der Waals surface area contributed by atoms with E-state index in [1.165, 1.54) is 0 Å². The standard InChI is InChI=1S/C12H17N5/c1-8-5-14-12(4-11(8)13)15-6-10-7-17(3)16-9(10)2/h4-5,7H,6H2,1-3H3,(H3,13,14,15). The maximum absolute atomic E-state index is 5.83. The van der Waals surface area contributed by atoms with Crippen LogP contribution in [0.15, 0.2) is 18.5 Å². The molecule has 0 aliphatic heterocycles. The third-order valence-corrected chi connectivity index (χ3v) is 2.72. The molecule has 17 heavy (non-hydrogen) atoms. The van der Waals surface area contributed by atoms with Gasteiger partial charge in [0.2, 0.25) is 0 Å². The zero-order valence-electron chi connectivity index (χ0n) is 10.4. The van der Waals surface area contributed by atoms with Crippen molar-refractivity contribution in [1.82, 2.24) is 14.8 Å². The lowest BCUT2D eigenvalue weighted by Crippen LogP contribution is -2.03. The number of pyridine rings is 1. The number of nitrogens with zero attached hydrogens (tertiary/aromatic N) is 3. The van der Waals surface area contributed by atoms with Crippen molar-refractivity contribution in [2.75, 3.05) is 11.1 Å². The molecular weight excluding hydrogens is 214 g/mol. The van der Waals surface area contributed by atoms with Gasteiger partial charge < -0.3 is 11.1 Å². The van der Waals surface area contributed by atoms with E-state index < -0.39 is 0 Å². The van der Waals surface area contributed by atoms with Crippen molar-refractivity contribution in [3.05, 3.63) is 35.3 Å². The number of aromatic nitrogens is 3. The maximum atomic E-state index is 5.83. The summed E-state index contributed by atoms with van der Waals surface area (Å²) in [7, 11) is 1.92. The Kier molecular flexibility index (Phi) is 2.99. The molecule has 0 fully saturated rings. The molecule has 5 heteroatoms. The van der Waals surface area contributed by atoms with Crippen molar-refractivity contribution in [3.8, 4) is 0 Å². The Bertz CT molecular complexity index is 530. The molecule has 0 unspecified atom stereocenters. The summed E-state index contributed by atoms with van der Waals surface area (Å²) in [5.41, 5.74) is 9.76. The van der Waals surface area contributed by atoms with E-state index in [4.69, 9.17) is 5.73 Å². The van der Waals surface area contributed by atoms with Crippen LogP contribution < -0.4 is 11.1 Å². The van der Waals surface area contributed by atoms with Crippen LogP contribution in [-0.4, -0.2) is 14.8 Å². The number of aryl methyl sites for hydroxylation is 3. The summed E-state index contributed by atoms with van der Waals surface area (Å²) < 4.78 is 1.81. The fourth-order valence-corrected chi connectivity index (χ4v) is 1.64. The molecule has 0 aromatic carbocycles. The van der Waals surface area contributed by atoms with Gasteiger partial charge in [-0.15, -0.1) is 0 Å². The molecule has 0 amide bonds. The molecule has 3 N–H and O–H groups in total. The minimum atomic E-state index is 0.704. The second kappa shape index (κ2) is 4.45. The van der Waals surface area contributed by atoms with Gasteiger partial charge >= 0.3 is 0 Å². The highest BCUT2D eigenvalue weighted by atomic mass is 15.3. The normalized spacial score (nSPS) is 10.5. The molecule has 0 aliphatic rings. The van der Waals surface area contributed by atoms with E-state index in [2.05, 4.69) is 15.4 Å². The molecule has 2 rings (SSSR count). The Morgan fingerprint density at radius 3 is 2.76 bits per heavy atom. The lowest BCUT2D eigenvalue weighted by Gasteiger charge is -2.06. The SMILES string of the molecule is Cc1cnc(NCc2cn(C)nc2C)cc1N. The highest BCUT2D eigenvalue weighted by Gasteiger charge is 2.03. The van der Waals surface area contributed by atoms with Crippen LogP contribution in [-0.2, 0) is 13.6 Å². The monoisotopic (exact) mass is 231 g/mol. The van der Waals surface area contributed by atoms with Crippen LogP contribution in [0.25, 0.3) is 0 Å². The molecule has 0 radical (unpaired) electrons. The van der Waals surface area contributed by atoms with Gasteiger partial charge in [-0.05, 0) is 19.4 Å². The zero-order chi connectivity index (χ0) is 12.4. The molecule has 2 heterocycles. The summed E-state index contributed by atoms with van der Waals surface area (Å²) in [5.74, 6) is 0.788. The Balaban J connectivity index is 2.07. The van der Waals surface area contributed by atoms with Crippen LogP contribution in [0.3, 0.4) is 0 Å². The van der Waals surface area contributed by atoms with Gasteiger partial charge in [-0.25, -0.2) is 4.98 Å². The molecule has 5 nitrogen and oxygen atoms in total. The fraction of sp³-hybridized carbons (Fsp3) is 0.333. The van der Waals surface area contributed by atoms with Gasteiger partial charge in [-0.3, -0.25) is 4.68 Å². The zero-order valence-corrected chi connectivity index (χ0v) is 10.4. The number of nitrogens with two attached hydrogens (primary N) is 1. The van der Waals surface area contributed by atoms with Crippen molar-refractivity contribution >= 4 is 11.5 Å². The Labute approximate surface area is 101 Å². The van der Waals surface area contributed by atoms with Gasteiger partial charge in [0.05, 0.1) is 5.69 Å². The Hall–Kier alpha value is -2.04. The first-order valence-corrected chi connectivity index (χ1v) is 5.51. The molecule has 0 saturated carbocycles. The summed E-state index contributed by atoms with van der Waals surface area (Å²) in [6.07, 6.45) is 3.77. The first-order chi connectivity index (χ1) is 8.06. The molecule has 2 aromatic rings. The molecule has 0 bridgehead atoms. The van der Waals surface area contributed by atoms with E-state index >= 15 is 0 Å². The van der Waals surface area contributed by atoms with Gasteiger partial charge in [0.1, 0.15) is 5.82 Å². The number of nitrogens with one attached hydrogen (secondary N) is 1. The Morgan fingerprint density at radius 1 is 1.41 bits per heavy atom. The van der Waals surface area contributed by atoms with Crippen molar-refractivity contribution in [2.45, 2.75) is 20.4 Å². The van der Waals surface area contributed by atoms with E-state index in [9.17, 15) is 0 Å². The predicted octanol–water partition coefficient (Wildman–Crippen LogP) is 1.63. The van der Waals surface area contributed by atoms with E-state index in [0.717, 1.165) is 28.3 Å². The molecular formula is C12H17N5. The van der Waals surface area contributed by atoms with E-state index in [-0.39, 0.29) is 0 Å². The summed E-state index contributed by atoms with van der Waals surface area (Å²) in [5, 5.41) is 7.53. The molecule has 2 aromatic heterocycles. The molecule has 0 saturated heterocycles. The van der Waals surface area contributed by atoms with Gasteiger partial charge in [0.25, 0.3) is 0 Å². The van der Waals surface area contributed by atoms with Crippen molar-refractivity contribution in [3.63, 3.8) is 0 Å². The summed E-state index contributed by atoms with van der Waals surface area (Å²) in [4.78, 5) is 4.27. The van der Waals surface area contributed by atoms with Crippen LogP contribution >= 0.6 is 0 Å². The van der Waals surface area contributed by atoms with Gasteiger partial charge in [0.15, 0.2) is 0 Å². The highest BCUT2D eigenvalue weighted by molar-refractivity contribution is 5.53. The molecule has 90 valence electrons. The van der Waals surface area contributed by atoms with Gasteiger partial charge in [-0.1, -0.05) is 0 Å². The molecule has 0 spiro atoms. The third-order valence-electron chi connectivity index (χ3n) is 2.72.